The van der Waals surface area contributed by atoms with Crippen LogP contribution in [0.25, 0.3) is 16.9 Å². The van der Waals surface area contributed by atoms with Crippen LogP contribution < -0.4 is 11.2 Å². The summed E-state index contributed by atoms with van der Waals surface area (Å²) in [4.78, 5) is 31.1. The molecule has 2 heterocycles. The van der Waals surface area contributed by atoms with Crippen LogP contribution in [0.3, 0.4) is 0 Å². The Hall–Kier alpha value is -2.63. The van der Waals surface area contributed by atoms with Gasteiger partial charge >= 0.3 is 5.69 Å². The maximum absolute atomic E-state index is 13.2. The number of unbranched alkanes of at least 4 members (excludes halogenated alkanes) is 4. The molecule has 0 saturated heterocycles. The van der Waals surface area contributed by atoms with Gasteiger partial charge in [-0.3, -0.25) is 9.36 Å². The summed E-state index contributed by atoms with van der Waals surface area (Å²) in [5, 5.41) is 0. The fourth-order valence-electron chi connectivity index (χ4n) is 4.45. The number of hydrogen-bond acceptors (Lipinski definition) is 3. The molecule has 3 rings (SSSR count). The summed E-state index contributed by atoms with van der Waals surface area (Å²) in [7, 11) is 1.56. The first-order valence-electron chi connectivity index (χ1n) is 11.1. The highest BCUT2D eigenvalue weighted by Gasteiger charge is 2.22. The Bertz CT molecular complexity index is 1160. The maximum Gasteiger partial charge on any atom is 0.337 e. The number of hydrogen-bond donors (Lipinski definition) is 0. The lowest BCUT2D eigenvalue weighted by molar-refractivity contribution is 0.562. The molecule has 6 nitrogen and oxygen atoms in total. The third-order valence-corrected chi connectivity index (χ3v) is 5.89. The van der Waals surface area contributed by atoms with E-state index in [1.165, 1.54) is 23.8 Å². The van der Waals surface area contributed by atoms with Crippen molar-refractivity contribution < 1.29 is 0 Å². The predicted molar refractivity (Wildman–Crippen MR) is 123 cm³/mol. The summed E-state index contributed by atoms with van der Waals surface area (Å²) in [5.41, 5.74) is 4.36. The first-order valence-corrected chi connectivity index (χ1v) is 11.1. The Balaban J connectivity index is 2.26. The monoisotopic (exact) mass is 410 g/mol. The summed E-state index contributed by atoms with van der Waals surface area (Å²) in [6, 6.07) is 4.13. The van der Waals surface area contributed by atoms with Gasteiger partial charge in [0.1, 0.15) is 5.82 Å². The van der Waals surface area contributed by atoms with Crippen LogP contribution in [0.15, 0.2) is 21.7 Å². The quantitative estimate of drug-likeness (QED) is 0.519. The lowest BCUT2D eigenvalue weighted by Crippen LogP contribution is -2.38. The van der Waals surface area contributed by atoms with Crippen LogP contribution in [0, 0.1) is 20.8 Å². The number of fused-ring (bicyclic) bond motifs is 1. The largest absolute Gasteiger partial charge is 0.337 e. The van der Waals surface area contributed by atoms with Gasteiger partial charge in [-0.05, 0) is 38.3 Å². The molecule has 0 aliphatic rings. The van der Waals surface area contributed by atoms with Gasteiger partial charge in [0, 0.05) is 20.0 Å². The molecular formula is C24H34N4O2. The van der Waals surface area contributed by atoms with Crippen molar-refractivity contribution in [3.63, 3.8) is 0 Å². The van der Waals surface area contributed by atoms with Crippen molar-refractivity contribution in [3.05, 3.63) is 55.5 Å². The normalized spacial score (nSPS) is 11.5. The molecule has 0 N–H and O–H groups in total. The molecule has 3 aromatic rings. The van der Waals surface area contributed by atoms with E-state index in [1.807, 2.05) is 32.3 Å². The number of imidazole rings is 1. The summed E-state index contributed by atoms with van der Waals surface area (Å²) < 4.78 is 4.89. The minimum Gasteiger partial charge on any atom is -0.322 e. The van der Waals surface area contributed by atoms with Gasteiger partial charge in [-0.2, -0.15) is 0 Å². The van der Waals surface area contributed by atoms with Crippen molar-refractivity contribution in [2.75, 3.05) is 0 Å². The number of aryl methyl sites for hydroxylation is 5. The minimum atomic E-state index is -0.349. The van der Waals surface area contributed by atoms with E-state index in [0.29, 0.717) is 17.6 Å². The molecule has 0 fully saturated rings. The van der Waals surface area contributed by atoms with Crippen LogP contribution in [0.4, 0.5) is 0 Å². The second kappa shape index (κ2) is 9.02. The van der Waals surface area contributed by atoms with E-state index in [9.17, 15) is 9.59 Å². The van der Waals surface area contributed by atoms with E-state index in [4.69, 9.17) is 4.98 Å². The van der Waals surface area contributed by atoms with Crippen molar-refractivity contribution >= 4 is 11.2 Å². The molecule has 0 unspecified atom stereocenters. The topological polar surface area (TPSA) is 61.8 Å². The third-order valence-electron chi connectivity index (χ3n) is 5.89. The van der Waals surface area contributed by atoms with Crippen molar-refractivity contribution in [2.45, 2.75) is 79.7 Å². The number of benzene rings is 1. The molecule has 2 aromatic heterocycles. The van der Waals surface area contributed by atoms with Crippen LogP contribution >= 0.6 is 0 Å². The Morgan fingerprint density at radius 2 is 1.57 bits per heavy atom. The molecule has 30 heavy (non-hydrogen) atoms. The molecule has 162 valence electrons. The highest BCUT2D eigenvalue weighted by atomic mass is 16.2. The predicted octanol–water partition coefficient (Wildman–Crippen LogP) is 4.34. The molecule has 0 spiro atoms. The second-order valence-corrected chi connectivity index (χ2v) is 8.35. The van der Waals surface area contributed by atoms with Gasteiger partial charge in [-0.15, -0.1) is 0 Å². The zero-order chi connectivity index (χ0) is 22.0. The molecular weight excluding hydrogens is 376 g/mol. The fourth-order valence-corrected chi connectivity index (χ4v) is 4.45. The van der Waals surface area contributed by atoms with E-state index in [1.54, 1.807) is 11.6 Å². The highest BCUT2D eigenvalue weighted by molar-refractivity contribution is 5.74. The average Bonchev–Trinajstić information content (AvgIpc) is 3.06. The molecule has 0 aliphatic heterocycles. The molecule has 0 aliphatic carbocycles. The lowest BCUT2D eigenvalue weighted by Gasteiger charge is -2.15. The van der Waals surface area contributed by atoms with Crippen molar-refractivity contribution in [1.82, 2.24) is 18.7 Å². The summed E-state index contributed by atoms with van der Waals surface area (Å²) >= 11 is 0. The molecule has 0 saturated carbocycles. The Morgan fingerprint density at radius 3 is 2.17 bits per heavy atom. The molecule has 1 aromatic carbocycles. The van der Waals surface area contributed by atoms with Gasteiger partial charge in [0.2, 0.25) is 0 Å². The minimum absolute atomic E-state index is 0.269. The van der Waals surface area contributed by atoms with Gasteiger partial charge < -0.3 is 4.57 Å². The van der Waals surface area contributed by atoms with E-state index in [2.05, 4.69) is 19.1 Å². The van der Waals surface area contributed by atoms with Gasteiger partial charge in [0.25, 0.3) is 5.56 Å². The Morgan fingerprint density at radius 1 is 0.933 bits per heavy atom. The number of nitrogens with zero attached hydrogens (tertiary/aromatic N) is 4. The van der Waals surface area contributed by atoms with Crippen molar-refractivity contribution in [2.24, 2.45) is 7.05 Å². The smallest absolute Gasteiger partial charge is 0.322 e. The summed E-state index contributed by atoms with van der Waals surface area (Å²) in [5.74, 6) is 0.861. The van der Waals surface area contributed by atoms with Crippen LogP contribution in [0.2, 0.25) is 0 Å². The highest BCUT2D eigenvalue weighted by Crippen LogP contribution is 2.23. The number of rotatable bonds is 8. The molecule has 6 heteroatoms. The Kier molecular flexibility index (Phi) is 6.64. The van der Waals surface area contributed by atoms with E-state index in [-0.39, 0.29) is 11.2 Å². The zero-order valence-electron chi connectivity index (χ0n) is 19.2. The molecule has 0 amide bonds. The van der Waals surface area contributed by atoms with Gasteiger partial charge in [0.05, 0.1) is 5.69 Å². The fraction of sp³-hybridized carbons (Fsp3) is 0.542. The molecule has 0 radical (unpaired) electrons. The Labute approximate surface area is 178 Å². The van der Waals surface area contributed by atoms with E-state index >= 15 is 0 Å². The van der Waals surface area contributed by atoms with Crippen LogP contribution in [0.5, 0.6) is 0 Å². The van der Waals surface area contributed by atoms with Crippen molar-refractivity contribution in [3.8, 4) is 5.69 Å². The van der Waals surface area contributed by atoms with Crippen molar-refractivity contribution in [1.29, 1.82) is 0 Å². The second-order valence-electron chi connectivity index (χ2n) is 8.35. The van der Waals surface area contributed by atoms with Crippen LogP contribution in [-0.2, 0) is 20.0 Å². The third kappa shape index (κ3) is 3.87. The summed E-state index contributed by atoms with van der Waals surface area (Å²) in [6.07, 6.45) is 6.49. The maximum atomic E-state index is 13.2. The summed E-state index contributed by atoms with van der Waals surface area (Å²) in [6.45, 7) is 11.1. The number of aromatic nitrogens is 4. The SMILES string of the molecule is CCCCCCCn1c(CC)nc2c1c(=O)n(C)c(=O)n2-c1c(C)cc(C)cc1C. The zero-order valence-corrected chi connectivity index (χ0v) is 19.2. The first-order chi connectivity index (χ1) is 14.3. The van der Waals surface area contributed by atoms with Crippen LogP contribution in [-0.4, -0.2) is 18.7 Å². The van der Waals surface area contributed by atoms with Gasteiger partial charge in [-0.25, -0.2) is 14.3 Å². The first kappa shape index (κ1) is 22.1. The molecule has 0 bridgehead atoms. The lowest BCUT2D eigenvalue weighted by atomic mass is 10.0. The van der Waals surface area contributed by atoms with Gasteiger partial charge in [0.15, 0.2) is 11.2 Å². The molecule has 0 atom stereocenters. The average molecular weight is 411 g/mol. The van der Waals surface area contributed by atoms with E-state index in [0.717, 1.165) is 47.6 Å². The standard InChI is InChI=1S/C24H34N4O2/c1-7-9-10-11-12-13-27-19(8-2)25-22-21(27)23(29)26(6)24(30)28(22)20-17(4)14-16(3)15-18(20)5/h14-15H,7-13H2,1-6H3. The van der Waals surface area contributed by atoms with Crippen LogP contribution in [0.1, 0.15) is 68.5 Å². The van der Waals surface area contributed by atoms with Gasteiger partial charge in [-0.1, -0.05) is 57.2 Å². The van der Waals surface area contributed by atoms with E-state index < -0.39 is 0 Å².